The lowest BCUT2D eigenvalue weighted by atomic mass is 10.2. The van der Waals surface area contributed by atoms with E-state index >= 15 is 0 Å². The van der Waals surface area contributed by atoms with Gasteiger partial charge in [-0.2, -0.15) is 0 Å². The number of hydrogen-bond donors (Lipinski definition) is 1. The van der Waals surface area contributed by atoms with Gasteiger partial charge in [0.05, 0.1) is 0 Å². The molecule has 2 aromatic carbocycles. The molecule has 0 aliphatic rings. The second-order valence-electron chi connectivity index (χ2n) is 4.10. The Bertz CT molecular complexity index is 549. The number of nitrogens with one attached hydrogen (secondary N) is 1. The van der Waals surface area contributed by atoms with Gasteiger partial charge in [-0.05, 0) is 48.4 Å². The highest BCUT2D eigenvalue weighted by Gasteiger charge is 2.01. The molecule has 94 valence electrons. The zero-order valence-corrected chi connectivity index (χ0v) is 11.4. The molecule has 0 fully saturated rings. The van der Waals surface area contributed by atoms with Crippen LogP contribution in [0.2, 0.25) is 0 Å². The predicted molar refractivity (Wildman–Crippen MR) is 72.6 cm³/mol. The SMILES string of the molecule is Cc1ccc(NCc2cc(F)cc(Br)c2)cc1F. The van der Waals surface area contributed by atoms with Crippen LogP contribution in [0.4, 0.5) is 14.5 Å². The summed E-state index contributed by atoms with van der Waals surface area (Å²) in [7, 11) is 0. The molecule has 4 heteroatoms. The Morgan fingerprint density at radius 1 is 1.11 bits per heavy atom. The Morgan fingerprint density at radius 2 is 1.89 bits per heavy atom. The number of halogens is 3. The maximum atomic E-state index is 13.3. The van der Waals surface area contributed by atoms with Gasteiger partial charge in [0.2, 0.25) is 0 Å². The lowest BCUT2D eigenvalue weighted by Crippen LogP contribution is -2.00. The highest BCUT2D eigenvalue weighted by atomic mass is 79.9. The molecule has 2 aromatic rings. The molecule has 0 aliphatic heterocycles. The number of hydrogen-bond acceptors (Lipinski definition) is 1. The van der Waals surface area contributed by atoms with Crippen molar-refractivity contribution in [1.82, 2.24) is 0 Å². The van der Waals surface area contributed by atoms with Crippen LogP contribution in [0, 0.1) is 18.6 Å². The van der Waals surface area contributed by atoms with Crippen LogP contribution in [0.5, 0.6) is 0 Å². The molecule has 0 saturated carbocycles. The first-order valence-electron chi connectivity index (χ1n) is 5.49. The molecule has 0 unspecified atom stereocenters. The standard InChI is InChI=1S/C14H12BrF2N/c1-9-2-3-13(7-14(9)17)18-8-10-4-11(15)6-12(16)5-10/h2-7,18H,8H2,1H3. The predicted octanol–water partition coefficient (Wildman–Crippen LogP) is 4.65. The lowest BCUT2D eigenvalue weighted by Gasteiger charge is -2.08. The highest BCUT2D eigenvalue weighted by molar-refractivity contribution is 9.10. The van der Waals surface area contributed by atoms with Crippen LogP contribution < -0.4 is 5.32 Å². The summed E-state index contributed by atoms with van der Waals surface area (Å²) < 4.78 is 27.2. The smallest absolute Gasteiger partial charge is 0.128 e. The van der Waals surface area contributed by atoms with Crippen molar-refractivity contribution in [1.29, 1.82) is 0 Å². The van der Waals surface area contributed by atoms with Gasteiger partial charge >= 0.3 is 0 Å². The number of rotatable bonds is 3. The zero-order chi connectivity index (χ0) is 13.1. The monoisotopic (exact) mass is 311 g/mol. The summed E-state index contributed by atoms with van der Waals surface area (Å²) in [6.45, 7) is 2.15. The Hall–Kier alpha value is -1.42. The molecule has 0 saturated heterocycles. The van der Waals surface area contributed by atoms with Crippen molar-refractivity contribution >= 4 is 21.6 Å². The summed E-state index contributed by atoms with van der Waals surface area (Å²) in [4.78, 5) is 0. The van der Waals surface area contributed by atoms with Crippen LogP contribution in [0.3, 0.4) is 0 Å². The molecule has 0 aliphatic carbocycles. The fourth-order valence-electron chi connectivity index (χ4n) is 1.62. The first-order valence-corrected chi connectivity index (χ1v) is 6.29. The van der Waals surface area contributed by atoms with E-state index in [1.165, 1.54) is 18.2 Å². The lowest BCUT2D eigenvalue weighted by molar-refractivity contribution is 0.618. The molecular weight excluding hydrogens is 300 g/mol. The third-order valence-corrected chi connectivity index (χ3v) is 3.05. The first-order chi connectivity index (χ1) is 8.54. The van der Waals surface area contributed by atoms with Crippen LogP contribution >= 0.6 is 15.9 Å². The molecule has 1 N–H and O–H groups in total. The fourth-order valence-corrected chi connectivity index (χ4v) is 2.13. The molecule has 0 amide bonds. The Morgan fingerprint density at radius 3 is 2.56 bits per heavy atom. The summed E-state index contributed by atoms with van der Waals surface area (Å²) >= 11 is 3.23. The van der Waals surface area contributed by atoms with E-state index < -0.39 is 0 Å². The molecule has 0 atom stereocenters. The average Bonchev–Trinajstić information content (AvgIpc) is 2.29. The average molecular weight is 312 g/mol. The van der Waals surface area contributed by atoms with Gasteiger partial charge in [0.1, 0.15) is 11.6 Å². The summed E-state index contributed by atoms with van der Waals surface area (Å²) in [5.74, 6) is -0.545. The molecule has 0 aromatic heterocycles. The van der Waals surface area contributed by atoms with Crippen LogP contribution in [-0.2, 0) is 6.54 Å². The normalized spacial score (nSPS) is 10.4. The zero-order valence-electron chi connectivity index (χ0n) is 9.81. The van der Waals surface area contributed by atoms with Crippen molar-refractivity contribution in [2.24, 2.45) is 0 Å². The Kier molecular flexibility index (Phi) is 3.97. The van der Waals surface area contributed by atoms with E-state index in [9.17, 15) is 8.78 Å². The van der Waals surface area contributed by atoms with E-state index in [-0.39, 0.29) is 11.6 Å². The Balaban J connectivity index is 2.08. The molecule has 0 bridgehead atoms. The molecule has 2 rings (SSSR count). The van der Waals surface area contributed by atoms with Gasteiger partial charge in [-0.25, -0.2) is 8.78 Å². The van der Waals surface area contributed by atoms with Crippen molar-refractivity contribution < 1.29 is 8.78 Å². The van der Waals surface area contributed by atoms with Crippen molar-refractivity contribution in [3.63, 3.8) is 0 Å². The second-order valence-corrected chi connectivity index (χ2v) is 5.01. The summed E-state index contributed by atoms with van der Waals surface area (Å²) in [5, 5.41) is 3.06. The molecule has 0 spiro atoms. The van der Waals surface area contributed by atoms with Crippen LogP contribution in [0.25, 0.3) is 0 Å². The Labute approximate surface area is 113 Å². The van der Waals surface area contributed by atoms with E-state index in [1.807, 2.05) is 6.07 Å². The topological polar surface area (TPSA) is 12.0 Å². The summed E-state index contributed by atoms with van der Waals surface area (Å²) in [6, 6.07) is 9.60. The van der Waals surface area contributed by atoms with E-state index in [4.69, 9.17) is 0 Å². The third kappa shape index (κ3) is 3.29. The minimum atomic E-state index is -0.295. The maximum Gasteiger partial charge on any atom is 0.128 e. The van der Waals surface area contributed by atoms with Crippen molar-refractivity contribution in [2.45, 2.75) is 13.5 Å². The number of anilines is 1. The van der Waals surface area contributed by atoms with Crippen molar-refractivity contribution in [2.75, 3.05) is 5.32 Å². The molecule has 1 nitrogen and oxygen atoms in total. The second kappa shape index (κ2) is 5.48. The molecule has 18 heavy (non-hydrogen) atoms. The van der Waals surface area contributed by atoms with Gasteiger partial charge in [-0.15, -0.1) is 0 Å². The molecule has 0 radical (unpaired) electrons. The fraction of sp³-hybridized carbons (Fsp3) is 0.143. The highest BCUT2D eigenvalue weighted by Crippen LogP contribution is 2.18. The minimum absolute atomic E-state index is 0.250. The van der Waals surface area contributed by atoms with Gasteiger partial charge in [-0.1, -0.05) is 22.0 Å². The molecular formula is C14H12BrF2N. The van der Waals surface area contributed by atoms with Gasteiger partial charge in [0.25, 0.3) is 0 Å². The van der Waals surface area contributed by atoms with E-state index in [0.29, 0.717) is 22.3 Å². The van der Waals surface area contributed by atoms with Crippen LogP contribution in [-0.4, -0.2) is 0 Å². The van der Waals surface area contributed by atoms with Crippen molar-refractivity contribution in [3.05, 3.63) is 63.6 Å². The minimum Gasteiger partial charge on any atom is -0.381 e. The van der Waals surface area contributed by atoms with E-state index in [0.717, 1.165) is 5.56 Å². The van der Waals surface area contributed by atoms with Gasteiger partial charge in [0.15, 0.2) is 0 Å². The van der Waals surface area contributed by atoms with Crippen LogP contribution in [0.15, 0.2) is 40.9 Å². The third-order valence-electron chi connectivity index (χ3n) is 2.59. The van der Waals surface area contributed by atoms with Gasteiger partial charge < -0.3 is 5.32 Å². The largest absolute Gasteiger partial charge is 0.381 e. The first kappa shape index (κ1) is 13.0. The van der Waals surface area contributed by atoms with E-state index in [2.05, 4.69) is 21.2 Å². The molecule has 0 heterocycles. The number of aryl methyl sites for hydroxylation is 1. The van der Waals surface area contributed by atoms with Gasteiger partial charge in [0, 0.05) is 16.7 Å². The summed E-state index contributed by atoms with van der Waals surface area (Å²) in [5.41, 5.74) is 2.08. The van der Waals surface area contributed by atoms with Gasteiger partial charge in [-0.3, -0.25) is 0 Å². The maximum absolute atomic E-state index is 13.3. The van der Waals surface area contributed by atoms with E-state index in [1.54, 1.807) is 19.1 Å². The summed E-state index contributed by atoms with van der Waals surface area (Å²) in [6.07, 6.45) is 0. The van der Waals surface area contributed by atoms with Crippen LogP contribution in [0.1, 0.15) is 11.1 Å². The quantitative estimate of drug-likeness (QED) is 0.870. The van der Waals surface area contributed by atoms with Crippen molar-refractivity contribution in [3.8, 4) is 0 Å². The number of benzene rings is 2.